The average molecular weight is 368 g/mol. The maximum absolute atomic E-state index is 9.09. The molecule has 0 aliphatic carbocycles. The molecule has 3 rings (SSSR count). The standard InChI is InChI=1S/C20H28N6O/c1-24(12-13-26-11-8-23-20(26)17(14-21)15-22)19-7-6-18(27-19)16-25-9-4-2-3-5-10-25/h6-7,23H,2-5,8-13,16H2,1H3. The molecule has 7 heteroatoms. The van der Waals surface area contributed by atoms with Gasteiger partial charge in [0.15, 0.2) is 11.5 Å². The van der Waals surface area contributed by atoms with Crippen LogP contribution in [0.5, 0.6) is 0 Å². The smallest absolute Gasteiger partial charge is 0.195 e. The molecule has 0 atom stereocenters. The van der Waals surface area contributed by atoms with Crippen molar-refractivity contribution in [1.29, 1.82) is 10.5 Å². The molecule has 2 aliphatic rings. The second-order valence-corrected chi connectivity index (χ2v) is 7.21. The average Bonchev–Trinajstić information content (AvgIpc) is 3.26. The lowest BCUT2D eigenvalue weighted by Crippen LogP contribution is -2.32. The molecule has 0 unspecified atom stereocenters. The van der Waals surface area contributed by atoms with Crippen molar-refractivity contribution in [2.75, 3.05) is 51.2 Å². The third-order valence-corrected chi connectivity index (χ3v) is 5.26. The van der Waals surface area contributed by atoms with Gasteiger partial charge in [-0.1, -0.05) is 12.8 Å². The van der Waals surface area contributed by atoms with E-state index in [1.54, 1.807) is 0 Å². The van der Waals surface area contributed by atoms with Gasteiger partial charge in [0.25, 0.3) is 0 Å². The Hall–Kier alpha value is -2.64. The minimum atomic E-state index is 0.146. The van der Waals surface area contributed by atoms with E-state index in [0.717, 1.165) is 57.5 Å². The van der Waals surface area contributed by atoms with Crippen LogP contribution in [0.3, 0.4) is 0 Å². The van der Waals surface area contributed by atoms with Crippen LogP contribution in [-0.4, -0.2) is 56.1 Å². The van der Waals surface area contributed by atoms with Gasteiger partial charge in [-0.05, 0) is 32.0 Å². The molecular formula is C20H28N6O. The Morgan fingerprint density at radius 1 is 1.15 bits per heavy atom. The Morgan fingerprint density at radius 3 is 2.59 bits per heavy atom. The van der Waals surface area contributed by atoms with E-state index < -0.39 is 0 Å². The molecular weight excluding hydrogens is 340 g/mol. The number of anilines is 1. The van der Waals surface area contributed by atoms with Crippen LogP contribution in [0, 0.1) is 22.7 Å². The second kappa shape index (κ2) is 9.34. The normalized spacial score (nSPS) is 17.7. The van der Waals surface area contributed by atoms with Crippen molar-refractivity contribution in [3.05, 3.63) is 29.3 Å². The molecule has 2 aliphatic heterocycles. The summed E-state index contributed by atoms with van der Waals surface area (Å²) < 4.78 is 6.05. The first-order chi connectivity index (χ1) is 13.2. The molecule has 27 heavy (non-hydrogen) atoms. The molecule has 1 N–H and O–H groups in total. The number of rotatable bonds is 6. The largest absolute Gasteiger partial charge is 0.444 e. The summed E-state index contributed by atoms with van der Waals surface area (Å²) in [6.45, 7) is 6.23. The van der Waals surface area contributed by atoms with Gasteiger partial charge in [-0.25, -0.2) is 0 Å². The summed E-state index contributed by atoms with van der Waals surface area (Å²) in [5, 5.41) is 21.3. The first kappa shape index (κ1) is 19.1. The zero-order valence-electron chi connectivity index (χ0n) is 16.1. The lowest BCUT2D eigenvalue weighted by molar-refractivity contribution is 0.253. The fourth-order valence-corrected chi connectivity index (χ4v) is 3.69. The summed E-state index contributed by atoms with van der Waals surface area (Å²) >= 11 is 0. The molecule has 1 aromatic rings. The van der Waals surface area contributed by atoms with Gasteiger partial charge < -0.3 is 19.5 Å². The van der Waals surface area contributed by atoms with Crippen molar-refractivity contribution in [2.45, 2.75) is 32.2 Å². The first-order valence-electron chi connectivity index (χ1n) is 9.77. The Kier molecular flexibility index (Phi) is 6.62. The van der Waals surface area contributed by atoms with E-state index >= 15 is 0 Å². The van der Waals surface area contributed by atoms with Crippen LogP contribution in [0.25, 0.3) is 0 Å². The summed E-state index contributed by atoms with van der Waals surface area (Å²) in [7, 11) is 2.01. The van der Waals surface area contributed by atoms with Crippen LogP contribution in [-0.2, 0) is 6.54 Å². The third kappa shape index (κ3) is 4.96. The number of nitrogens with one attached hydrogen (secondary N) is 1. The lowest BCUT2D eigenvalue weighted by Gasteiger charge is -2.23. The number of furan rings is 1. The SMILES string of the molecule is CN(CCN1CCNC1=C(C#N)C#N)c1ccc(CN2CCCCCC2)o1. The molecule has 2 saturated heterocycles. The molecule has 1 aromatic heterocycles. The Bertz CT molecular complexity index is 716. The molecule has 0 spiro atoms. The van der Waals surface area contributed by atoms with E-state index in [0.29, 0.717) is 5.82 Å². The van der Waals surface area contributed by atoms with Gasteiger partial charge in [0.2, 0.25) is 0 Å². The van der Waals surface area contributed by atoms with Crippen LogP contribution < -0.4 is 10.2 Å². The van der Waals surface area contributed by atoms with E-state index in [9.17, 15) is 0 Å². The summed E-state index contributed by atoms with van der Waals surface area (Å²) in [6, 6.07) is 8.04. The number of nitriles is 2. The molecule has 0 bridgehead atoms. The van der Waals surface area contributed by atoms with Crippen molar-refractivity contribution in [3.63, 3.8) is 0 Å². The molecule has 3 heterocycles. The third-order valence-electron chi connectivity index (χ3n) is 5.26. The van der Waals surface area contributed by atoms with Crippen molar-refractivity contribution in [3.8, 4) is 12.1 Å². The number of nitrogens with zero attached hydrogens (tertiary/aromatic N) is 5. The molecule has 144 valence electrons. The Balaban J connectivity index is 1.54. The summed E-state index contributed by atoms with van der Waals surface area (Å²) in [6.07, 6.45) is 5.23. The molecule has 0 amide bonds. The predicted octanol–water partition coefficient (Wildman–Crippen LogP) is 2.26. The van der Waals surface area contributed by atoms with Gasteiger partial charge in [-0.3, -0.25) is 4.90 Å². The minimum Gasteiger partial charge on any atom is -0.444 e. The number of likely N-dealkylation sites (N-methyl/N-ethyl adjacent to an activating group) is 1. The summed E-state index contributed by atoms with van der Waals surface area (Å²) in [4.78, 5) is 6.62. The predicted molar refractivity (Wildman–Crippen MR) is 104 cm³/mol. The fraction of sp³-hybridized carbons (Fsp3) is 0.600. The van der Waals surface area contributed by atoms with Gasteiger partial charge in [0.05, 0.1) is 6.54 Å². The summed E-state index contributed by atoms with van der Waals surface area (Å²) in [5.41, 5.74) is 0.146. The Morgan fingerprint density at radius 2 is 1.89 bits per heavy atom. The van der Waals surface area contributed by atoms with E-state index in [-0.39, 0.29) is 5.57 Å². The molecule has 7 nitrogen and oxygen atoms in total. The summed E-state index contributed by atoms with van der Waals surface area (Å²) in [5.74, 6) is 2.52. The van der Waals surface area contributed by atoms with Crippen LogP contribution in [0.15, 0.2) is 27.9 Å². The second-order valence-electron chi connectivity index (χ2n) is 7.21. The lowest BCUT2D eigenvalue weighted by atomic mass is 10.2. The van der Waals surface area contributed by atoms with Crippen LogP contribution in [0.2, 0.25) is 0 Å². The fourth-order valence-electron chi connectivity index (χ4n) is 3.69. The minimum absolute atomic E-state index is 0.146. The van der Waals surface area contributed by atoms with Crippen LogP contribution in [0.1, 0.15) is 31.4 Å². The van der Waals surface area contributed by atoms with Crippen molar-refractivity contribution >= 4 is 5.88 Å². The van der Waals surface area contributed by atoms with E-state index in [1.165, 1.54) is 25.7 Å². The number of hydrogen-bond acceptors (Lipinski definition) is 7. The highest BCUT2D eigenvalue weighted by Gasteiger charge is 2.21. The topological polar surface area (TPSA) is 82.5 Å². The first-order valence-corrected chi connectivity index (χ1v) is 9.77. The van der Waals surface area contributed by atoms with Gasteiger partial charge in [-0.2, -0.15) is 10.5 Å². The zero-order valence-corrected chi connectivity index (χ0v) is 16.1. The molecule has 0 radical (unpaired) electrons. The highest BCUT2D eigenvalue weighted by atomic mass is 16.4. The number of likely N-dealkylation sites (tertiary alicyclic amines) is 1. The quantitative estimate of drug-likeness (QED) is 0.771. The van der Waals surface area contributed by atoms with Crippen LogP contribution in [0.4, 0.5) is 5.88 Å². The van der Waals surface area contributed by atoms with Gasteiger partial charge >= 0.3 is 0 Å². The monoisotopic (exact) mass is 368 g/mol. The van der Waals surface area contributed by atoms with E-state index in [1.807, 2.05) is 25.3 Å². The zero-order chi connectivity index (χ0) is 19.1. The van der Waals surface area contributed by atoms with Crippen molar-refractivity contribution < 1.29 is 4.42 Å². The van der Waals surface area contributed by atoms with Gasteiger partial charge in [0.1, 0.15) is 23.7 Å². The van der Waals surface area contributed by atoms with Gasteiger partial charge in [-0.15, -0.1) is 0 Å². The number of hydrogen-bond donors (Lipinski definition) is 1. The molecule has 0 saturated carbocycles. The van der Waals surface area contributed by atoms with Crippen molar-refractivity contribution in [1.82, 2.24) is 15.1 Å². The number of allylic oxidation sites excluding steroid dienone is 1. The highest BCUT2D eigenvalue weighted by Crippen LogP contribution is 2.21. The Labute approximate surface area is 161 Å². The maximum Gasteiger partial charge on any atom is 0.195 e. The van der Waals surface area contributed by atoms with E-state index in [4.69, 9.17) is 14.9 Å². The molecule has 0 aromatic carbocycles. The van der Waals surface area contributed by atoms with E-state index in [2.05, 4.69) is 26.1 Å². The highest BCUT2D eigenvalue weighted by molar-refractivity contribution is 5.40. The maximum atomic E-state index is 9.09. The van der Waals surface area contributed by atoms with Crippen molar-refractivity contribution in [2.24, 2.45) is 0 Å². The molecule has 2 fully saturated rings. The van der Waals surface area contributed by atoms with Crippen LogP contribution >= 0.6 is 0 Å². The van der Waals surface area contributed by atoms with Gasteiger partial charge in [0, 0.05) is 39.3 Å².